The van der Waals surface area contributed by atoms with Gasteiger partial charge in [0.15, 0.2) is 23.0 Å². The summed E-state index contributed by atoms with van der Waals surface area (Å²) in [5.74, 6) is 2.89. The Balaban J connectivity index is 1.28. The zero-order chi connectivity index (χ0) is 30.4. The summed E-state index contributed by atoms with van der Waals surface area (Å²) in [7, 11) is 4.70. The smallest absolute Gasteiger partial charge is 0.310 e. The zero-order valence-electron chi connectivity index (χ0n) is 24.4. The first-order valence-electron chi connectivity index (χ1n) is 14.2. The number of phenolic OH excluding ortho intramolecular Hbond substituents is 1. The van der Waals surface area contributed by atoms with Crippen LogP contribution in [0.4, 0.5) is 5.69 Å². The van der Waals surface area contributed by atoms with Gasteiger partial charge in [-0.05, 0) is 89.5 Å². The van der Waals surface area contributed by atoms with Crippen molar-refractivity contribution < 1.29 is 43.1 Å². The van der Waals surface area contributed by atoms with Crippen LogP contribution in [0.15, 0.2) is 72.8 Å². The minimum absolute atomic E-state index is 0.128. The minimum Gasteiger partial charge on any atom is -0.508 e. The number of carbonyl (C=O) groups is 1. The van der Waals surface area contributed by atoms with Crippen molar-refractivity contribution in [3.63, 3.8) is 0 Å². The van der Waals surface area contributed by atoms with Crippen molar-refractivity contribution >= 4 is 11.7 Å². The molecule has 7 rings (SSSR count). The van der Waals surface area contributed by atoms with Crippen molar-refractivity contribution in [2.45, 2.75) is 12.0 Å². The molecule has 10 nitrogen and oxygen atoms in total. The Kier molecular flexibility index (Phi) is 6.96. The molecule has 1 unspecified atom stereocenters. The Morgan fingerprint density at radius 2 is 1.39 bits per heavy atom. The second kappa shape index (κ2) is 11.1. The van der Waals surface area contributed by atoms with Crippen molar-refractivity contribution in [3.8, 4) is 46.0 Å². The lowest BCUT2D eigenvalue weighted by Gasteiger charge is -2.40. The molecule has 0 saturated carbocycles. The summed E-state index contributed by atoms with van der Waals surface area (Å²) in [6.07, 6.45) is 0. The lowest BCUT2D eigenvalue weighted by Crippen LogP contribution is -2.37. The number of esters is 1. The molecule has 2 heterocycles. The van der Waals surface area contributed by atoms with Crippen LogP contribution in [-0.4, -0.2) is 45.8 Å². The number of hydrogen-bond acceptors (Lipinski definition) is 10. The van der Waals surface area contributed by atoms with E-state index in [0.717, 1.165) is 22.4 Å². The number of hydrogen-bond donors (Lipinski definition) is 2. The van der Waals surface area contributed by atoms with Gasteiger partial charge in [-0.1, -0.05) is 0 Å². The highest BCUT2D eigenvalue weighted by Crippen LogP contribution is 2.56. The predicted octanol–water partition coefficient (Wildman–Crippen LogP) is 6.03. The molecule has 226 valence electrons. The average molecular weight is 598 g/mol. The van der Waals surface area contributed by atoms with Gasteiger partial charge in [0.25, 0.3) is 0 Å². The topological polar surface area (TPSA) is 114 Å². The molecule has 0 bridgehead atoms. The van der Waals surface area contributed by atoms with E-state index >= 15 is 0 Å². The van der Waals surface area contributed by atoms with Gasteiger partial charge in [0.1, 0.15) is 17.2 Å². The van der Waals surface area contributed by atoms with Crippen LogP contribution < -0.4 is 33.7 Å². The summed E-state index contributed by atoms with van der Waals surface area (Å²) in [6, 6.07) is 21.6. The fourth-order valence-corrected chi connectivity index (χ4v) is 6.48. The van der Waals surface area contributed by atoms with Gasteiger partial charge in [-0.2, -0.15) is 0 Å². The van der Waals surface area contributed by atoms with E-state index in [1.165, 1.54) is 0 Å². The lowest BCUT2D eigenvalue weighted by atomic mass is 9.65. The largest absolute Gasteiger partial charge is 0.508 e. The number of benzene rings is 4. The van der Waals surface area contributed by atoms with Crippen LogP contribution in [0, 0.1) is 11.8 Å². The molecule has 0 radical (unpaired) electrons. The lowest BCUT2D eigenvalue weighted by molar-refractivity contribution is -0.141. The van der Waals surface area contributed by atoms with Crippen LogP contribution in [0.2, 0.25) is 0 Å². The fraction of sp³-hybridized carbons (Fsp3) is 0.265. The molecule has 4 aromatic carbocycles. The van der Waals surface area contributed by atoms with Crippen LogP contribution in [-0.2, 0) is 9.53 Å². The number of phenols is 1. The second-order valence-electron chi connectivity index (χ2n) is 10.8. The molecule has 0 spiro atoms. The Morgan fingerprint density at radius 3 is 2.00 bits per heavy atom. The normalized spacial score (nSPS) is 21.1. The molecule has 2 aliphatic heterocycles. The zero-order valence-corrected chi connectivity index (χ0v) is 24.4. The maximum atomic E-state index is 13.5. The molecule has 1 saturated heterocycles. The van der Waals surface area contributed by atoms with Gasteiger partial charge in [0.2, 0.25) is 12.5 Å². The number of fused-ring (bicyclic) bond motifs is 3. The van der Waals surface area contributed by atoms with Gasteiger partial charge in [0.05, 0.1) is 39.9 Å². The third-order valence-electron chi connectivity index (χ3n) is 8.48. The summed E-state index contributed by atoms with van der Waals surface area (Å²) >= 11 is 0. The second-order valence-corrected chi connectivity index (χ2v) is 10.8. The number of methoxy groups -OCH3 is 3. The van der Waals surface area contributed by atoms with Gasteiger partial charge in [0, 0.05) is 17.5 Å². The number of anilines is 1. The monoisotopic (exact) mass is 597 g/mol. The van der Waals surface area contributed by atoms with Gasteiger partial charge in [-0.25, -0.2) is 0 Å². The molecule has 4 atom stereocenters. The Labute approximate surface area is 254 Å². The Morgan fingerprint density at radius 1 is 0.773 bits per heavy atom. The molecule has 4 aromatic rings. The Hall–Kier alpha value is -5.25. The molecule has 0 amide bonds. The van der Waals surface area contributed by atoms with E-state index in [1.54, 1.807) is 45.6 Å². The van der Waals surface area contributed by atoms with Crippen molar-refractivity contribution in [1.29, 1.82) is 0 Å². The summed E-state index contributed by atoms with van der Waals surface area (Å²) < 4.78 is 40.1. The van der Waals surface area contributed by atoms with Crippen molar-refractivity contribution in [1.82, 2.24) is 0 Å². The molecule has 1 fully saturated rings. The number of cyclic esters (lactones) is 1. The van der Waals surface area contributed by atoms with E-state index in [2.05, 4.69) is 5.32 Å². The van der Waals surface area contributed by atoms with E-state index in [0.29, 0.717) is 40.2 Å². The SMILES string of the molecule is COc1cc([C@@H]2c3cc4c(cc3C(Nc3ccc(Oc5ccc(O)cc5)cc3)[C@H]3COC(=O)[C@H]23)OCO4)cc(OC)c1OC. The first kappa shape index (κ1) is 27.6. The molecule has 1 aliphatic carbocycles. The third kappa shape index (κ3) is 4.72. The summed E-state index contributed by atoms with van der Waals surface area (Å²) in [4.78, 5) is 13.5. The maximum absolute atomic E-state index is 13.5. The molecular weight excluding hydrogens is 566 g/mol. The van der Waals surface area contributed by atoms with Gasteiger partial charge >= 0.3 is 5.97 Å². The first-order valence-corrected chi connectivity index (χ1v) is 14.2. The number of rotatable bonds is 8. The van der Waals surface area contributed by atoms with Crippen LogP contribution in [0.5, 0.6) is 46.0 Å². The van der Waals surface area contributed by atoms with Crippen LogP contribution in [0.3, 0.4) is 0 Å². The van der Waals surface area contributed by atoms with Crippen LogP contribution in [0.1, 0.15) is 28.7 Å². The highest BCUT2D eigenvalue weighted by molar-refractivity contribution is 5.79. The van der Waals surface area contributed by atoms with E-state index in [-0.39, 0.29) is 43.0 Å². The number of nitrogens with one attached hydrogen (secondary N) is 1. The Bertz CT molecular complexity index is 1680. The molecule has 44 heavy (non-hydrogen) atoms. The van der Waals surface area contributed by atoms with E-state index < -0.39 is 5.92 Å². The minimum atomic E-state index is -0.486. The van der Waals surface area contributed by atoms with Crippen LogP contribution in [0.25, 0.3) is 0 Å². The van der Waals surface area contributed by atoms with Gasteiger partial charge in [-0.3, -0.25) is 4.79 Å². The number of ether oxygens (including phenoxy) is 7. The highest BCUT2D eigenvalue weighted by atomic mass is 16.7. The quantitative estimate of drug-likeness (QED) is 0.234. The molecule has 10 heteroatoms. The van der Waals surface area contributed by atoms with E-state index in [9.17, 15) is 9.90 Å². The first-order chi connectivity index (χ1) is 21.5. The van der Waals surface area contributed by atoms with E-state index in [4.69, 9.17) is 33.2 Å². The highest BCUT2D eigenvalue weighted by Gasteiger charge is 2.52. The number of aromatic hydroxyl groups is 1. The van der Waals surface area contributed by atoms with E-state index in [1.807, 2.05) is 48.5 Å². The molecule has 2 N–H and O–H groups in total. The molecule has 3 aliphatic rings. The standard InChI is InChI=1S/C34H31NO9/c1-38-28-12-18(13-29(39-2)33(28)40-3)30-23-14-26-27(43-17-42-26)15-24(23)32(25-16-41-34(37)31(25)30)35-19-4-8-21(9-5-19)44-22-10-6-20(36)7-11-22/h4-15,25,30-32,35-36H,16-17H2,1-3H3/t25-,30+,31-,32?/m0/s1. The van der Waals surface area contributed by atoms with Crippen molar-refractivity contribution in [2.75, 3.05) is 40.0 Å². The van der Waals surface area contributed by atoms with Gasteiger partial charge < -0.3 is 43.6 Å². The summed E-state index contributed by atoms with van der Waals surface area (Å²) in [6.45, 7) is 0.389. The number of carbonyl (C=O) groups excluding carboxylic acids is 1. The summed E-state index contributed by atoms with van der Waals surface area (Å²) in [5.41, 5.74) is 3.59. The summed E-state index contributed by atoms with van der Waals surface area (Å²) in [5, 5.41) is 13.2. The van der Waals surface area contributed by atoms with Crippen molar-refractivity contribution in [3.05, 3.63) is 89.5 Å². The fourth-order valence-electron chi connectivity index (χ4n) is 6.48. The van der Waals surface area contributed by atoms with Gasteiger partial charge in [-0.15, -0.1) is 0 Å². The van der Waals surface area contributed by atoms with Crippen molar-refractivity contribution in [2.24, 2.45) is 11.8 Å². The van der Waals surface area contributed by atoms with Crippen LogP contribution >= 0.6 is 0 Å². The molecule has 0 aromatic heterocycles. The average Bonchev–Trinajstić information content (AvgIpc) is 3.67. The predicted molar refractivity (Wildman–Crippen MR) is 159 cm³/mol. The third-order valence-corrected chi connectivity index (χ3v) is 8.48. The molecular formula is C34H31NO9. The maximum Gasteiger partial charge on any atom is 0.310 e.